The van der Waals surface area contributed by atoms with Crippen molar-refractivity contribution in [2.75, 3.05) is 51.1 Å². The second kappa shape index (κ2) is 8.87. The number of carbonyl (C=O) groups excluding carboxylic acids is 1. The molecule has 1 aromatic carbocycles. The highest BCUT2D eigenvalue weighted by atomic mass is 32.2. The van der Waals surface area contributed by atoms with E-state index >= 15 is 0 Å². The summed E-state index contributed by atoms with van der Waals surface area (Å²) in [7, 11) is -3.50. The van der Waals surface area contributed by atoms with E-state index in [2.05, 4.69) is 5.32 Å². The topological polar surface area (TPSA) is 82.2 Å². The number of ether oxygens (including phenoxy) is 1. The molecule has 28 heavy (non-hydrogen) atoms. The minimum atomic E-state index is -3.50. The zero-order chi connectivity index (χ0) is 20.3. The number of amides is 1. The number of aryl methyl sites for hydroxylation is 1. The van der Waals surface area contributed by atoms with Crippen molar-refractivity contribution in [3.8, 4) is 0 Å². The standard InChI is InChI=1S/C19H30N4O4S/c1-15-5-4-6-18(11-15)20-19(24)14-21-7-9-22(10-8-21)28(25,26)23-12-16(2)27-17(3)13-23/h4-6,11,16-17H,7-10,12-14H2,1-3H3,(H,20,24)/t16-,17-/m1/s1. The Labute approximate surface area is 167 Å². The lowest BCUT2D eigenvalue weighted by Gasteiger charge is -2.40. The van der Waals surface area contributed by atoms with Crippen LogP contribution in [0, 0.1) is 6.92 Å². The highest BCUT2D eigenvalue weighted by Gasteiger charge is 2.36. The van der Waals surface area contributed by atoms with Gasteiger partial charge in [-0.15, -0.1) is 0 Å². The number of morpholine rings is 1. The molecule has 2 fully saturated rings. The zero-order valence-electron chi connectivity index (χ0n) is 16.8. The molecule has 2 heterocycles. The monoisotopic (exact) mass is 410 g/mol. The molecular formula is C19H30N4O4S. The van der Waals surface area contributed by atoms with Gasteiger partial charge in [0.2, 0.25) is 5.91 Å². The fraction of sp³-hybridized carbons (Fsp3) is 0.632. The molecule has 1 N–H and O–H groups in total. The van der Waals surface area contributed by atoms with Gasteiger partial charge in [0, 0.05) is 45.0 Å². The van der Waals surface area contributed by atoms with Crippen molar-refractivity contribution in [3.05, 3.63) is 29.8 Å². The number of carbonyl (C=O) groups is 1. The van der Waals surface area contributed by atoms with Gasteiger partial charge in [-0.25, -0.2) is 0 Å². The lowest BCUT2D eigenvalue weighted by molar-refractivity contribution is -0.117. The van der Waals surface area contributed by atoms with Crippen molar-refractivity contribution in [1.82, 2.24) is 13.5 Å². The largest absolute Gasteiger partial charge is 0.373 e. The number of hydrogen-bond acceptors (Lipinski definition) is 5. The van der Waals surface area contributed by atoms with E-state index in [0.29, 0.717) is 39.3 Å². The van der Waals surface area contributed by atoms with Gasteiger partial charge in [-0.05, 0) is 38.5 Å². The van der Waals surface area contributed by atoms with E-state index in [1.165, 1.54) is 8.61 Å². The summed E-state index contributed by atoms with van der Waals surface area (Å²) in [5, 5.41) is 2.90. The third-order valence-corrected chi connectivity index (χ3v) is 7.01. The van der Waals surface area contributed by atoms with Crippen LogP contribution in [0.4, 0.5) is 5.69 Å². The predicted molar refractivity (Wildman–Crippen MR) is 108 cm³/mol. The Morgan fingerprint density at radius 3 is 2.36 bits per heavy atom. The van der Waals surface area contributed by atoms with E-state index in [1.807, 2.05) is 49.9 Å². The van der Waals surface area contributed by atoms with Crippen molar-refractivity contribution >= 4 is 21.8 Å². The molecule has 1 amide bonds. The number of hydrogen-bond donors (Lipinski definition) is 1. The number of nitrogens with one attached hydrogen (secondary N) is 1. The Bertz CT molecular complexity index is 783. The first-order valence-corrected chi connectivity index (χ1v) is 11.1. The van der Waals surface area contributed by atoms with Crippen LogP contribution in [0.15, 0.2) is 24.3 Å². The van der Waals surface area contributed by atoms with Crippen LogP contribution in [0.25, 0.3) is 0 Å². The molecule has 0 radical (unpaired) electrons. The van der Waals surface area contributed by atoms with Crippen LogP contribution in [0.1, 0.15) is 19.4 Å². The number of piperazine rings is 1. The summed E-state index contributed by atoms with van der Waals surface area (Å²) < 4.78 is 34.5. The summed E-state index contributed by atoms with van der Waals surface area (Å²) in [4.78, 5) is 14.3. The summed E-state index contributed by atoms with van der Waals surface area (Å²) in [5.41, 5.74) is 1.87. The van der Waals surface area contributed by atoms with E-state index in [1.54, 1.807) is 0 Å². The summed E-state index contributed by atoms with van der Waals surface area (Å²) in [5.74, 6) is -0.0854. The predicted octanol–water partition coefficient (Wildman–Crippen LogP) is 0.905. The minimum Gasteiger partial charge on any atom is -0.373 e. The second-order valence-corrected chi connectivity index (χ2v) is 9.60. The molecule has 3 rings (SSSR count). The Morgan fingerprint density at radius 2 is 1.75 bits per heavy atom. The first-order valence-electron chi connectivity index (χ1n) is 9.73. The van der Waals surface area contributed by atoms with Crippen molar-refractivity contribution in [2.45, 2.75) is 33.0 Å². The molecule has 0 bridgehead atoms. The summed E-state index contributed by atoms with van der Waals surface area (Å²) >= 11 is 0. The summed E-state index contributed by atoms with van der Waals surface area (Å²) in [6.45, 7) is 8.63. The third-order valence-electron chi connectivity index (χ3n) is 5.04. The van der Waals surface area contributed by atoms with Gasteiger partial charge in [0.25, 0.3) is 10.2 Å². The van der Waals surface area contributed by atoms with E-state index in [-0.39, 0.29) is 24.7 Å². The maximum Gasteiger partial charge on any atom is 0.282 e. The highest BCUT2D eigenvalue weighted by molar-refractivity contribution is 7.86. The van der Waals surface area contributed by atoms with Crippen LogP contribution in [0.2, 0.25) is 0 Å². The molecule has 8 nitrogen and oxygen atoms in total. The molecule has 0 spiro atoms. The lowest BCUT2D eigenvalue weighted by Crippen LogP contribution is -2.57. The van der Waals surface area contributed by atoms with Crippen LogP contribution >= 0.6 is 0 Å². The number of nitrogens with zero attached hydrogens (tertiary/aromatic N) is 3. The molecule has 0 saturated carbocycles. The van der Waals surface area contributed by atoms with Crippen LogP contribution in [-0.2, 0) is 19.7 Å². The number of anilines is 1. The molecule has 2 saturated heterocycles. The lowest BCUT2D eigenvalue weighted by atomic mass is 10.2. The highest BCUT2D eigenvalue weighted by Crippen LogP contribution is 2.19. The molecule has 0 aromatic heterocycles. The molecule has 0 aliphatic carbocycles. The van der Waals surface area contributed by atoms with E-state index < -0.39 is 10.2 Å². The second-order valence-electron chi connectivity index (χ2n) is 7.67. The van der Waals surface area contributed by atoms with Crippen molar-refractivity contribution in [2.24, 2.45) is 0 Å². The van der Waals surface area contributed by atoms with Gasteiger partial charge in [0.15, 0.2) is 0 Å². The Balaban J connectivity index is 1.50. The summed E-state index contributed by atoms with van der Waals surface area (Å²) in [6, 6.07) is 7.67. The first-order chi connectivity index (χ1) is 13.2. The van der Waals surface area contributed by atoms with Crippen LogP contribution < -0.4 is 5.32 Å². The van der Waals surface area contributed by atoms with Crippen molar-refractivity contribution in [3.63, 3.8) is 0 Å². The number of rotatable bonds is 5. The quantitative estimate of drug-likeness (QED) is 0.780. The average Bonchev–Trinajstić information content (AvgIpc) is 2.61. The average molecular weight is 411 g/mol. The molecule has 0 unspecified atom stereocenters. The third kappa shape index (κ3) is 5.30. The smallest absolute Gasteiger partial charge is 0.282 e. The summed E-state index contributed by atoms with van der Waals surface area (Å²) in [6.07, 6.45) is -0.213. The molecule has 2 aliphatic rings. The van der Waals surface area contributed by atoms with Crippen LogP contribution in [0.5, 0.6) is 0 Å². The van der Waals surface area contributed by atoms with Gasteiger partial charge < -0.3 is 10.1 Å². The van der Waals surface area contributed by atoms with Gasteiger partial charge in [-0.3, -0.25) is 9.69 Å². The van der Waals surface area contributed by atoms with Crippen molar-refractivity contribution < 1.29 is 17.9 Å². The van der Waals surface area contributed by atoms with Crippen LogP contribution in [-0.4, -0.2) is 85.9 Å². The Hall–Kier alpha value is -1.52. The van der Waals surface area contributed by atoms with E-state index in [0.717, 1.165) is 11.3 Å². The maximum atomic E-state index is 12.9. The van der Waals surface area contributed by atoms with Gasteiger partial charge in [0.05, 0.1) is 18.8 Å². The van der Waals surface area contributed by atoms with Crippen molar-refractivity contribution in [1.29, 1.82) is 0 Å². The van der Waals surface area contributed by atoms with Gasteiger partial charge in [-0.2, -0.15) is 17.0 Å². The SMILES string of the molecule is Cc1cccc(NC(=O)CN2CCN(S(=O)(=O)N3C[C@@H](C)O[C@H](C)C3)CC2)c1. The fourth-order valence-electron chi connectivity index (χ4n) is 3.73. The van der Waals surface area contributed by atoms with E-state index in [9.17, 15) is 13.2 Å². The zero-order valence-corrected chi connectivity index (χ0v) is 17.6. The molecular weight excluding hydrogens is 380 g/mol. The van der Waals surface area contributed by atoms with E-state index in [4.69, 9.17) is 4.74 Å². The molecule has 1 aromatic rings. The molecule has 2 atom stereocenters. The fourth-order valence-corrected chi connectivity index (χ4v) is 5.48. The van der Waals surface area contributed by atoms with Gasteiger partial charge >= 0.3 is 0 Å². The normalized spacial score (nSPS) is 25.5. The molecule has 2 aliphatic heterocycles. The van der Waals surface area contributed by atoms with Gasteiger partial charge in [0.1, 0.15) is 0 Å². The molecule has 9 heteroatoms. The maximum absolute atomic E-state index is 12.9. The first kappa shape index (κ1) is 21.2. The Kier molecular flexibility index (Phi) is 6.72. The molecule has 156 valence electrons. The number of benzene rings is 1. The Morgan fingerprint density at radius 1 is 1.11 bits per heavy atom. The van der Waals surface area contributed by atoms with Crippen LogP contribution in [0.3, 0.4) is 0 Å². The minimum absolute atomic E-state index is 0.0854. The van der Waals surface area contributed by atoms with Gasteiger partial charge in [-0.1, -0.05) is 12.1 Å².